The minimum Gasteiger partial charge on any atom is -0.480 e. The van der Waals surface area contributed by atoms with Crippen molar-refractivity contribution in [3.05, 3.63) is 35.9 Å². The van der Waals surface area contributed by atoms with E-state index < -0.39 is 59.7 Å². The van der Waals surface area contributed by atoms with E-state index in [2.05, 4.69) is 10.6 Å². The molecular formula is C24H34N6O7. The molecule has 0 saturated carbocycles. The van der Waals surface area contributed by atoms with E-state index >= 15 is 0 Å². The lowest BCUT2D eigenvalue weighted by Crippen LogP contribution is -2.57. The van der Waals surface area contributed by atoms with E-state index in [9.17, 15) is 33.9 Å². The number of likely N-dealkylation sites (tertiary alicyclic amines) is 1. The molecule has 13 nitrogen and oxygen atoms in total. The van der Waals surface area contributed by atoms with Gasteiger partial charge in [-0.25, -0.2) is 4.79 Å². The molecule has 4 unspecified atom stereocenters. The smallest absolute Gasteiger partial charge is 0.326 e. The first-order chi connectivity index (χ1) is 17.5. The number of amides is 5. The van der Waals surface area contributed by atoms with E-state index in [0.717, 1.165) is 0 Å². The van der Waals surface area contributed by atoms with Gasteiger partial charge in [-0.2, -0.15) is 0 Å². The predicted octanol–water partition coefficient (Wildman–Crippen LogP) is -1.87. The van der Waals surface area contributed by atoms with Gasteiger partial charge in [-0.1, -0.05) is 30.3 Å². The summed E-state index contributed by atoms with van der Waals surface area (Å²) < 4.78 is 0. The van der Waals surface area contributed by atoms with Crippen LogP contribution >= 0.6 is 0 Å². The Bertz CT molecular complexity index is 1000. The minimum absolute atomic E-state index is 0.0217. The molecule has 0 radical (unpaired) electrons. The SMILES string of the molecule is NC(=O)CCC(N)C(=O)NC(Cc1ccccc1)C(=O)NC(CCC(N)=O)C(=O)N1CCCC1C(=O)O. The molecule has 1 fully saturated rings. The highest BCUT2D eigenvalue weighted by atomic mass is 16.4. The zero-order valence-electron chi connectivity index (χ0n) is 20.4. The first-order valence-electron chi connectivity index (χ1n) is 12.0. The van der Waals surface area contributed by atoms with Crippen LogP contribution in [0.15, 0.2) is 30.3 Å². The molecule has 0 bridgehead atoms. The maximum atomic E-state index is 13.3. The Labute approximate surface area is 214 Å². The van der Waals surface area contributed by atoms with Gasteiger partial charge in [-0.05, 0) is 31.2 Å². The molecule has 202 valence electrons. The van der Waals surface area contributed by atoms with Gasteiger partial charge in [-0.3, -0.25) is 24.0 Å². The topological polar surface area (TPSA) is 228 Å². The summed E-state index contributed by atoms with van der Waals surface area (Å²) in [4.78, 5) is 74.4. The molecule has 0 spiro atoms. The molecule has 9 N–H and O–H groups in total. The van der Waals surface area contributed by atoms with Crippen molar-refractivity contribution in [1.82, 2.24) is 15.5 Å². The second kappa shape index (κ2) is 13.9. The van der Waals surface area contributed by atoms with Crippen molar-refractivity contribution < 1.29 is 33.9 Å². The highest BCUT2D eigenvalue weighted by Crippen LogP contribution is 2.20. The normalized spacial score (nSPS) is 17.3. The van der Waals surface area contributed by atoms with Crippen molar-refractivity contribution in [2.75, 3.05) is 6.54 Å². The molecule has 37 heavy (non-hydrogen) atoms. The molecule has 1 aromatic carbocycles. The monoisotopic (exact) mass is 518 g/mol. The van der Waals surface area contributed by atoms with Gasteiger partial charge in [-0.15, -0.1) is 0 Å². The lowest BCUT2D eigenvalue weighted by molar-refractivity contribution is -0.149. The summed E-state index contributed by atoms with van der Waals surface area (Å²) >= 11 is 0. The minimum atomic E-state index is -1.24. The molecule has 1 aliphatic heterocycles. The largest absolute Gasteiger partial charge is 0.480 e. The Morgan fingerprint density at radius 1 is 0.919 bits per heavy atom. The second-order valence-corrected chi connectivity index (χ2v) is 8.96. The molecule has 5 amide bonds. The van der Waals surface area contributed by atoms with E-state index in [1.807, 2.05) is 0 Å². The predicted molar refractivity (Wildman–Crippen MR) is 131 cm³/mol. The van der Waals surface area contributed by atoms with Gasteiger partial charge in [0.2, 0.25) is 29.5 Å². The van der Waals surface area contributed by atoms with Crippen molar-refractivity contribution in [1.29, 1.82) is 0 Å². The summed E-state index contributed by atoms with van der Waals surface area (Å²) in [6, 6.07) is 4.24. The summed E-state index contributed by atoms with van der Waals surface area (Å²) in [5, 5.41) is 14.6. The van der Waals surface area contributed by atoms with E-state index in [0.29, 0.717) is 12.0 Å². The van der Waals surface area contributed by atoms with Crippen LogP contribution < -0.4 is 27.8 Å². The molecule has 1 heterocycles. The third kappa shape index (κ3) is 9.18. The summed E-state index contributed by atoms with van der Waals surface area (Å²) in [5.74, 6) is -4.56. The fourth-order valence-corrected chi connectivity index (χ4v) is 4.07. The standard InChI is InChI=1S/C24H34N6O7/c25-15(8-10-19(26)31)21(33)29-17(13-14-5-2-1-3-6-14)22(34)28-16(9-11-20(27)32)23(35)30-12-4-7-18(30)24(36)37/h1-3,5-6,15-18H,4,7-13,25H2,(H2,26,31)(H2,27,32)(H,28,34)(H,29,33)(H,36,37). The number of carboxylic acid groups (broad SMARTS) is 1. The van der Waals surface area contributed by atoms with Crippen molar-refractivity contribution in [2.45, 2.75) is 69.1 Å². The molecule has 2 rings (SSSR count). The van der Waals surface area contributed by atoms with Crippen LogP contribution in [-0.2, 0) is 35.2 Å². The first-order valence-corrected chi connectivity index (χ1v) is 12.0. The van der Waals surface area contributed by atoms with E-state index in [1.54, 1.807) is 30.3 Å². The zero-order valence-corrected chi connectivity index (χ0v) is 20.4. The molecule has 0 aliphatic carbocycles. The average molecular weight is 519 g/mol. The zero-order chi connectivity index (χ0) is 27.5. The number of benzene rings is 1. The molecule has 0 aromatic heterocycles. The lowest BCUT2D eigenvalue weighted by atomic mass is 10.0. The third-order valence-electron chi connectivity index (χ3n) is 6.07. The van der Waals surface area contributed by atoms with E-state index in [4.69, 9.17) is 17.2 Å². The van der Waals surface area contributed by atoms with Crippen LogP contribution in [0.4, 0.5) is 0 Å². The maximum absolute atomic E-state index is 13.3. The highest BCUT2D eigenvalue weighted by molar-refractivity contribution is 5.94. The number of carbonyl (C=O) groups excluding carboxylic acids is 5. The van der Waals surface area contributed by atoms with Crippen LogP contribution in [0.5, 0.6) is 0 Å². The van der Waals surface area contributed by atoms with Crippen LogP contribution in [0.1, 0.15) is 44.1 Å². The van der Waals surface area contributed by atoms with Gasteiger partial charge < -0.3 is 37.8 Å². The Morgan fingerprint density at radius 2 is 1.51 bits per heavy atom. The molecule has 1 aromatic rings. The van der Waals surface area contributed by atoms with Crippen molar-refractivity contribution in [2.24, 2.45) is 17.2 Å². The van der Waals surface area contributed by atoms with Crippen LogP contribution in [0.3, 0.4) is 0 Å². The fourth-order valence-electron chi connectivity index (χ4n) is 4.07. The van der Waals surface area contributed by atoms with Gasteiger partial charge in [0.05, 0.1) is 6.04 Å². The van der Waals surface area contributed by atoms with Gasteiger partial charge in [0, 0.05) is 25.8 Å². The number of nitrogens with zero attached hydrogens (tertiary/aromatic N) is 1. The molecular weight excluding hydrogens is 484 g/mol. The summed E-state index contributed by atoms with van der Waals surface area (Å²) in [6.45, 7) is 0.192. The molecule has 1 saturated heterocycles. The average Bonchev–Trinajstić information content (AvgIpc) is 3.35. The van der Waals surface area contributed by atoms with Gasteiger partial charge in [0.15, 0.2) is 0 Å². The number of rotatable bonds is 14. The molecule has 1 aliphatic rings. The quantitative estimate of drug-likeness (QED) is 0.163. The Balaban J connectivity index is 2.23. The first kappa shape index (κ1) is 29.2. The van der Waals surface area contributed by atoms with Crippen LogP contribution in [0.25, 0.3) is 0 Å². The van der Waals surface area contributed by atoms with E-state index in [1.165, 1.54) is 4.90 Å². The van der Waals surface area contributed by atoms with Gasteiger partial charge in [0.25, 0.3) is 0 Å². The number of primary amides is 2. The van der Waals surface area contributed by atoms with Crippen LogP contribution in [0.2, 0.25) is 0 Å². The third-order valence-corrected chi connectivity index (χ3v) is 6.07. The van der Waals surface area contributed by atoms with Gasteiger partial charge >= 0.3 is 5.97 Å². The van der Waals surface area contributed by atoms with Crippen molar-refractivity contribution in [3.8, 4) is 0 Å². The Morgan fingerprint density at radius 3 is 2.11 bits per heavy atom. The fraction of sp³-hybridized carbons (Fsp3) is 0.500. The number of hydrogen-bond acceptors (Lipinski definition) is 7. The van der Waals surface area contributed by atoms with Crippen LogP contribution in [0, 0.1) is 0 Å². The van der Waals surface area contributed by atoms with Crippen molar-refractivity contribution in [3.63, 3.8) is 0 Å². The number of hydrogen-bond donors (Lipinski definition) is 6. The maximum Gasteiger partial charge on any atom is 0.326 e. The summed E-state index contributed by atoms with van der Waals surface area (Å²) in [6.07, 6.45) is 0.297. The van der Waals surface area contributed by atoms with Crippen molar-refractivity contribution >= 4 is 35.5 Å². The number of nitrogens with two attached hydrogens (primary N) is 3. The lowest BCUT2D eigenvalue weighted by Gasteiger charge is -2.29. The summed E-state index contributed by atoms with van der Waals surface area (Å²) in [7, 11) is 0. The van der Waals surface area contributed by atoms with Crippen LogP contribution in [-0.4, -0.2) is 76.2 Å². The Hall–Kier alpha value is -4.00. The second-order valence-electron chi connectivity index (χ2n) is 8.96. The molecule has 13 heteroatoms. The highest BCUT2D eigenvalue weighted by Gasteiger charge is 2.38. The van der Waals surface area contributed by atoms with Gasteiger partial charge in [0.1, 0.15) is 18.1 Å². The molecule has 4 atom stereocenters. The number of carboxylic acids is 1. The van der Waals surface area contributed by atoms with E-state index in [-0.39, 0.29) is 45.1 Å². The number of nitrogens with one attached hydrogen (secondary N) is 2. The number of aliphatic carboxylic acids is 1. The summed E-state index contributed by atoms with van der Waals surface area (Å²) in [5.41, 5.74) is 16.9. The Kier molecular flexibility index (Phi) is 11.0. The number of carbonyl (C=O) groups is 6.